The zero-order valence-electron chi connectivity index (χ0n) is 15.0. The molecule has 3 N–H and O–H groups in total. The summed E-state index contributed by atoms with van der Waals surface area (Å²) in [5.41, 5.74) is 4.39. The summed E-state index contributed by atoms with van der Waals surface area (Å²) in [5, 5.41) is 7.72. The van der Waals surface area contributed by atoms with Gasteiger partial charge in [0.2, 0.25) is 0 Å². The summed E-state index contributed by atoms with van der Waals surface area (Å²) < 4.78 is 0. The van der Waals surface area contributed by atoms with Crippen LogP contribution in [0.15, 0.2) is 24.3 Å². The minimum Gasteiger partial charge on any atom is -0.378 e. The monoisotopic (exact) mass is 357 g/mol. The van der Waals surface area contributed by atoms with Crippen LogP contribution in [0.25, 0.3) is 0 Å². The lowest BCUT2D eigenvalue weighted by Gasteiger charge is -2.27. The Labute approximate surface area is 152 Å². The highest BCUT2D eigenvalue weighted by Gasteiger charge is 2.34. The van der Waals surface area contributed by atoms with Gasteiger partial charge in [0.1, 0.15) is 17.7 Å². The van der Waals surface area contributed by atoms with Gasteiger partial charge in [-0.3, -0.25) is 4.79 Å². The predicted octanol–water partition coefficient (Wildman–Crippen LogP) is 1.63. The van der Waals surface area contributed by atoms with Crippen molar-refractivity contribution >= 4 is 27.9 Å². The number of benzene rings is 1. The van der Waals surface area contributed by atoms with Crippen LogP contribution in [-0.2, 0) is 13.0 Å². The number of rotatable bonds is 3. The minimum absolute atomic E-state index is 0.0629. The Morgan fingerprint density at radius 2 is 2.00 bits per heavy atom. The molecule has 25 heavy (non-hydrogen) atoms. The number of amides is 1. The molecule has 1 amide bonds. The molecule has 2 aromatic rings. The Morgan fingerprint density at radius 1 is 1.24 bits per heavy atom. The predicted molar refractivity (Wildman–Crippen MR) is 103 cm³/mol. The maximum Gasteiger partial charge on any atom is 0.256 e. The molecule has 1 aromatic heterocycles. The maximum absolute atomic E-state index is 12.8. The van der Waals surface area contributed by atoms with Crippen molar-refractivity contribution in [2.75, 3.05) is 37.4 Å². The van der Waals surface area contributed by atoms with Crippen molar-refractivity contribution in [1.82, 2.24) is 5.32 Å². The number of nitrogens with one attached hydrogen (secondary N) is 3. The van der Waals surface area contributed by atoms with E-state index in [4.69, 9.17) is 0 Å². The fraction of sp³-hybridized carbons (Fsp3) is 0.421. The van der Waals surface area contributed by atoms with Crippen LogP contribution in [0, 0.1) is 0 Å². The fourth-order valence-corrected chi connectivity index (χ4v) is 5.03. The van der Waals surface area contributed by atoms with Gasteiger partial charge in [0.25, 0.3) is 5.91 Å². The van der Waals surface area contributed by atoms with Crippen LogP contribution in [0.3, 0.4) is 0 Å². The number of hydrogen-bond acceptors (Lipinski definition) is 4. The van der Waals surface area contributed by atoms with Gasteiger partial charge in [-0.2, -0.15) is 0 Å². The Balaban J connectivity index is 1.61. The third-order valence-electron chi connectivity index (χ3n) is 5.25. The number of nitrogens with zero attached hydrogens (tertiary/aromatic N) is 1. The van der Waals surface area contributed by atoms with Gasteiger partial charge in [0, 0.05) is 26.2 Å². The van der Waals surface area contributed by atoms with E-state index < -0.39 is 0 Å². The van der Waals surface area contributed by atoms with Crippen LogP contribution < -0.4 is 20.4 Å². The molecule has 0 radical (unpaired) electrons. The van der Waals surface area contributed by atoms with E-state index in [1.807, 2.05) is 14.1 Å². The Morgan fingerprint density at radius 3 is 2.68 bits per heavy atom. The third-order valence-corrected chi connectivity index (χ3v) is 6.41. The topological polar surface area (TPSA) is 48.8 Å². The second kappa shape index (κ2) is 6.35. The van der Waals surface area contributed by atoms with E-state index in [0.717, 1.165) is 47.9 Å². The van der Waals surface area contributed by atoms with E-state index >= 15 is 0 Å². The first-order chi connectivity index (χ1) is 12.1. The first kappa shape index (κ1) is 16.4. The van der Waals surface area contributed by atoms with Crippen LogP contribution in [0.4, 0.5) is 10.7 Å². The molecule has 1 unspecified atom stereocenters. The number of quaternary nitrogens is 1. The van der Waals surface area contributed by atoms with E-state index in [1.165, 1.54) is 10.4 Å². The molecule has 0 saturated heterocycles. The van der Waals surface area contributed by atoms with Crippen molar-refractivity contribution < 1.29 is 9.69 Å². The summed E-state index contributed by atoms with van der Waals surface area (Å²) in [5.74, 6) is 0.0629. The minimum atomic E-state index is -0.161. The average Bonchev–Trinajstić information content (AvgIpc) is 2.99. The second-order valence-electron chi connectivity index (χ2n) is 7.03. The summed E-state index contributed by atoms with van der Waals surface area (Å²) in [6, 6.07) is 8.32. The molecule has 4 rings (SSSR count). The van der Waals surface area contributed by atoms with Gasteiger partial charge in [-0.05, 0) is 30.2 Å². The second-order valence-corrected chi connectivity index (χ2v) is 8.13. The molecule has 2 atom stereocenters. The summed E-state index contributed by atoms with van der Waals surface area (Å²) in [6.07, 6.45) is 0.840. The zero-order chi connectivity index (χ0) is 17.6. The van der Waals surface area contributed by atoms with Gasteiger partial charge in [-0.15, -0.1) is 11.3 Å². The number of fused-ring (bicyclic) bond motifs is 3. The van der Waals surface area contributed by atoms with E-state index in [9.17, 15) is 4.79 Å². The molecule has 0 bridgehead atoms. The van der Waals surface area contributed by atoms with E-state index in [1.54, 1.807) is 16.2 Å². The Hall–Kier alpha value is -2.05. The SMILES string of the molecule is CC[NH+]1CCc2c(sc3c2C(=O)N[C@@H](c2ccc(N(C)C)cc2)N3)C1. The van der Waals surface area contributed by atoms with Gasteiger partial charge < -0.3 is 20.4 Å². The number of carbonyl (C=O) groups excluding carboxylic acids is 1. The highest BCUT2D eigenvalue weighted by atomic mass is 32.1. The van der Waals surface area contributed by atoms with Crippen molar-refractivity contribution in [2.45, 2.75) is 26.1 Å². The molecule has 2 aliphatic rings. The zero-order valence-corrected chi connectivity index (χ0v) is 15.8. The van der Waals surface area contributed by atoms with Crippen LogP contribution in [0.1, 0.15) is 39.5 Å². The number of anilines is 2. The number of hydrogen-bond donors (Lipinski definition) is 3. The third kappa shape index (κ3) is 2.89. The Bertz CT molecular complexity index is 797. The number of carbonyl (C=O) groups is 1. The summed E-state index contributed by atoms with van der Waals surface area (Å²) in [4.78, 5) is 17.8. The van der Waals surface area contributed by atoms with E-state index in [0.29, 0.717) is 0 Å². The van der Waals surface area contributed by atoms with Crippen molar-refractivity contribution in [3.63, 3.8) is 0 Å². The molecular weight excluding hydrogens is 332 g/mol. The average molecular weight is 358 g/mol. The highest BCUT2D eigenvalue weighted by molar-refractivity contribution is 7.16. The lowest BCUT2D eigenvalue weighted by atomic mass is 10.0. The molecule has 1 aromatic carbocycles. The molecule has 5 nitrogen and oxygen atoms in total. The fourth-order valence-electron chi connectivity index (χ4n) is 3.68. The quantitative estimate of drug-likeness (QED) is 0.783. The molecule has 0 saturated carbocycles. The van der Waals surface area contributed by atoms with Gasteiger partial charge >= 0.3 is 0 Å². The summed E-state index contributed by atoms with van der Waals surface area (Å²) in [7, 11) is 4.05. The van der Waals surface area contributed by atoms with Gasteiger partial charge in [-0.1, -0.05) is 12.1 Å². The van der Waals surface area contributed by atoms with Crippen LogP contribution in [-0.4, -0.2) is 33.1 Å². The molecule has 2 aliphatic heterocycles. The molecular formula is C19H25N4OS+. The van der Waals surface area contributed by atoms with Crippen LogP contribution >= 0.6 is 11.3 Å². The van der Waals surface area contributed by atoms with Crippen molar-refractivity contribution in [3.8, 4) is 0 Å². The highest BCUT2D eigenvalue weighted by Crippen LogP contribution is 2.39. The van der Waals surface area contributed by atoms with Crippen LogP contribution in [0.2, 0.25) is 0 Å². The van der Waals surface area contributed by atoms with Gasteiger partial charge in [-0.25, -0.2) is 0 Å². The first-order valence-electron chi connectivity index (χ1n) is 8.89. The largest absolute Gasteiger partial charge is 0.378 e. The van der Waals surface area contributed by atoms with Crippen molar-refractivity contribution in [3.05, 3.63) is 45.8 Å². The molecule has 0 fully saturated rings. The number of thiophene rings is 1. The molecule has 3 heterocycles. The standard InChI is InChI=1S/C19H24N4OS/c1-4-23-10-9-14-15(11-23)25-19-16(14)18(24)20-17(21-19)12-5-7-13(8-6-12)22(2)3/h5-8,17,21H,4,9-11H2,1-3H3,(H,20,24)/p+1/t17-/m1/s1. The van der Waals surface area contributed by atoms with Crippen molar-refractivity contribution in [1.29, 1.82) is 0 Å². The smallest absolute Gasteiger partial charge is 0.256 e. The van der Waals surface area contributed by atoms with E-state index in [2.05, 4.69) is 46.7 Å². The normalized spacial score (nSPS) is 21.8. The lowest BCUT2D eigenvalue weighted by Crippen LogP contribution is -3.11. The summed E-state index contributed by atoms with van der Waals surface area (Å²) in [6.45, 7) is 5.53. The Kier molecular flexibility index (Phi) is 4.17. The number of likely N-dealkylation sites (N-methyl/N-ethyl adjacent to an activating group) is 1. The summed E-state index contributed by atoms with van der Waals surface area (Å²) >= 11 is 1.77. The lowest BCUT2D eigenvalue weighted by molar-refractivity contribution is -0.913. The molecule has 6 heteroatoms. The van der Waals surface area contributed by atoms with Gasteiger partial charge in [0.15, 0.2) is 0 Å². The van der Waals surface area contributed by atoms with Gasteiger partial charge in [0.05, 0.1) is 23.5 Å². The van der Waals surface area contributed by atoms with Crippen molar-refractivity contribution in [2.24, 2.45) is 0 Å². The van der Waals surface area contributed by atoms with E-state index in [-0.39, 0.29) is 12.1 Å². The first-order valence-corrected chi connectivity index (χ1v) is 9.71. The van der Waals surface area contributed by atoms with Crippen LogP contribution in [0.5, 0.6) is 0 Å². The maximum atomic E-state index is 12.8. The molecule has 0 aliphatic carbocycles. The molecule has 132 valence electrons. The molecule has 0 spiro atoms.